The van der Waals surface area contributed by atoms with E-state index in [4.69, 9.17) is 4.74 Å². The molecule has 0 amide bonds. The van der Waals surface area contributed by atoms with Gasteiger partial charge in [0.05, 0.1) is 19.1 Å². The van der Waals surface area contributed by atoms with Gasteiger partial charge in [-0.15, -0.1) is 0 Å². The van der Waals surface area contributed by atoms with E-state index in [1.807, 2.05) is 0 Å². The molecule has 4 aliphatic carbocycles. The summed E-state index contributed by atoms with van der Waals surface area (Å²) in [4.78, 5) is 13.0. The lowest BCUT2D eigenvalue weighted by Gasteiger charge is -2.61. The number of ether oxygens (including phenoxy) is 1. The monoisotopic (exact) mass is 468 g/mol. The van der Waals surface area contributed by atoms with E-state index in [9.17, 15) is 9.90 Å². The summed E-state index contributed by atoms with van der Waals surface area (Å²) in [6.45, 7) is 16.2. The smallest absolute Gasteiger partial charge is 0.308 e. The first-order chi connectivity index (χ1) is 15.8. The van der Waals surface area contributed by atoms with Crippen molar-refractivity contribution in [3.8, 4) is 0 Å². The molecule has 0 aromatic carbocycles. The number of carbonyl (C=O) groups is 1. The van der Waals surface area contributed by atoms with Crippen LogP contribution in [0.1, 0.15) is 99.8 Å². The van der Waals surface area contributed by atoms with Gasteiger partial charge >= 0.3 is 5.97 Å². The number of aliphatic hydroxyl groups excluding tert-OH is 1. The zero-order chi connectivity index (χ0) is 25.1. The van der Waals surface area contributed by atoms with E-state index < -0.39 is 0 Å². The summed E-state index contributed by atoms with van der Waals surface area (Å²) in [5.74, 6) is 0.735. The third-order valence-electron chi connectivity index (χ3n) is 11.3. The summed E-state index contributed by atoms with van der Waals surface area (Å²) in [5, 5.41) is 10.8. The van der Waals surface area contributed by atoms with Gasteiger partial charge in [-0.3, -0.25) is 4.79 Å². The quantitative estimate of drug-likeness (QED) is 0.337. The molecule has 0 bridgehead atoms. The Kier molecular flexibility index (Phi) is 6.54. The van der Waals surface area contributed by atoms with Gasteiger partial charge in [0.25, 0.3) is 0 Å². The highest BCUT2D eigenvalue weighted by atomic mass is 16.5. The lowest BCUT2D eigenvalue weighted by Crippen LogP contribution is -2.54. The van der Waals surface area contributed by atoms with E-state index in [2.05, 4.69) is 66.7 Å². The fourth-order valence-electron chi connectivity index (χ4n) is 8.86. The summed E-state index contributed by atoms with van der Waals surface area (Å²) in [5.41, 5.74) is 4.62. The van der Waals surface area contributed by atoms with E-state index in [1.54, 1.807) is 18.3 Å². The van der Waals surface area contributed by atoms with E-state index in [0.29, 0.717) is 11.8 Å². The lowest BCUT2D eigenvalue weighted by molar-refractivity contribution is -0.150. The van der Waals surface area contributed by atoms with Crippen molar-refractivity contribution in [2.75, 3.05) is 7.11 Å². The third-order valence-corrected chi connectivity index (χ3v) is 11.3. The summed E-state index contributed by atoms with van der Waals surface area (Å²) in [6, 6.07) is 0. The molecule has 1 N–H and O–H groups in total. The lowest BCUT2D eigenvalue weighted by atomic mass is 9.44. The molecule has 0 radical (unpaired) electrons. The summed E-state index contributed by atoms with van der Waals surface area (Å²) in [6.07, 6.45) is 15.2. The number of fused-ring (bicyclic) bond motifs is 5. The van der Waals surface area contributed by atoms with Crippen LogP contribution in [0.2, 0.25) is 0 Å². The maximum absolute atomic E-state index is 13.0. The molecule has 3 heteroatoms. The summed E-state index contributed by atoms with van der Waals surface area (Å²) in [7, 11) is 1.55. The Morgan fingerprint density at radius 1 is 1.12 bits per heavy atom. The largest absolute Gasteiger partial charge is 0.469 e. The summed E-state index contributed by atoms with van der Waals surface area (Å²) < 4.78 is 5.35. The molecule has 34 heavy (non-hydrogen) atoms. The van der Waals surface area contributed by atoms with Crippen LogP contribution in [0.3, 0.4) is 0 Å². The number of hydrogen-bond donors (Lipinski definition) is 1. The van der Waals surface area contributed by atoms with Gasteiger partial charge < -0.3 is 9.84 Å². The van der Waals surface area contributed by atoms with Crippen molar-refractivity contribution < 1.29 is 14.6 Å². The van der Waals surface area contributed by atoms with Gasteiger partial charge in [0, 0.05) is 0 Å². The fourth-order valence-corrected chi connectivity index (χ4v) is 8.86. The Morgan fingerprint density at radius 3 is 2.47 bits per heavy atom. The van der Waals surface area contributed by atoms with Crippen molar-refractivity contribution >= 4 is 5.97 Å². The SMILES string of the molecule is COC(=O)C(CCC=C(C)C)C1CCC2(C)C3=CCC4C(C)(CCC(O)C4(C)C)C3=CCC12C. The molecular formula is C31H48O3. The minimum absolute atomic E-state index is 0.0277. The molecule has 7 atom stereocenters. The zero-order valence-corrected chi connectivity index (χ0v) is 23.0. The molecule has 0 aliphatic heterocycles. The van der Waals surface area contributed by atoms with Crippen LogP contribution in [-0.2, 0) is 9.53 Å². The molecule has 7 unspecified atom stereocenters. The predicted octanol–water partition coefficient (Wildman–Crippen LogP) is 7.41. The fraction of sp³-hybridized carbons (Fsp3) is 0.774. The Balaban J connectivity index is 1.71. The standard InChI is InChI=1S/C31H48O3/c1-20(2)10-9-11-21(27(33)34-8)22-14-18-31(7)24-12-13-25-28(3,4)26(32)16-17-29(25,5)23(24)15-19-30(22,31)6/h10,12,15,21-22,25-26,32H,9,11,13-14,16-19H2,1-8H3. The first-order valence-corrected chi connectivity index (χ1v) is 13.6. The molecule has 2 fully saturated rings. The van der Waals surface area contributed by atoms with Crippen LogP contribution in [-0.4, -0.2) is 24.3 Å². The van der Waals surface area contributed by atoms with Crippen LogP contribution >= 0.6 is 0 Å². The Bertz CT molecular complexity index is 919. The molecule has 0 aromatic heterocycles. The molecule has 190 valence electrons. The van der Waals surface area contributed by atoms with Crippen LogP contribution in [0.4, 0.5) is 0 Å². The first kappa shape index (κ1) is 25.7. The van der Waals surface area contributed by atoms with Crippen LogP contribution in [0.5, 0.6) is 0 Å². The van der Waals surface area contributed by atoms with Crippen molar-refractivity contribution in [1.82, 2.24) is 0 Å². The average Bonchev–Trinajstić information content (AvgIpc) is 3.05. The normalized spacial score (nSPS) is 41.3. The number of rotatable bonds is 5. The van der Waals surface area contributed by atoms with Gasteiger partial charge in [-0.1, -0.05) is 58.4 Å². The number of aliphatic hydroxyl groups is 1. The van der Waals surface area contributed by atoms with Gasteiger partial charge in [-0.25, -0.2) is 0 Å². The number of carbonyl (C=O) groups excluding carboxylic acids is 1. The van der Waals surface area contributed by atoms with Crippen molar-refractivity contribution in [1.29, 1.82) is 0 Å². The molecule has 0 saturated heterocycles. The van der Waals surface area contributed by atoms with Crippen LogP contribution < -0.4 is 0 Å². The molecule has 0 spiro atoms. The van der Waals surface area contributed by atoms with Crippen LogP contribution in [0.15, 0.2) is 34.9 Å². The minimum atomic E-state index is -0.219. The van der Waals surface area contributed by atoms with Crippen molar-refractivity contribution in [3.05, 3.63) is 34.9 Å². The van der Waals surface area contributed by atoms with Gasteiger partial charge in [0.15, 0.2) is 0 Å². The topological polar surface area (TPSA) is 46.5 Å². The maximum atomic E-state index is 13.0. The van der Waals surface area contributed by atoms with Crippen molar-refractivity contribution in [2.45, 2.75) is 106 Å². The average molecular weight is 469 g/mol. The van der Waals surface area contributed by atoms with Gasteiger partial charge in [0.1, 0.15) is 0 Å². The Hall–Kier alpha value is -1.35. The predicted molar refractivity (Wildman–Crippen MR) is 139 cm³/mol. The highest BCUT2D eigenvalue weighted by Crippen LogP contribution is 2.71. The van der Waals surface area contributed by atoms with E-state index in [1.165, 1.54) is 5.57 Å². The van der Waals surface area contributed by atoms with E-state index in [-0.39, 0.29) is 39.7 Å². The highest BCUT2D eigenvalue weighted by Gasteiger charge is 2.63. The third kappa shape index (κ3) is 3.59. The molecular weight excluding hydrogens is 420 g/mol. The molecule has 3 nitrogen and oxygen atoms in total. The first-order valence-electron chi connectivity index (χ1n) is 13.6. The number of esters is 1. The van der Waals surface area contributed by atoms with Gasteiger partial charge in [-0.2, -0.15) is 0 Å². The number of hydrogen-bond acceptors (Lipinski definition) is 3. The van der Waals surface area contributed by atoms with Gasteiger partial charge in [-0.05, 0) is 110 Å². The molecule has 0 aromatic rings. The van der Waals surface area contributed by atoms with Gasteiger partial charge in [0.2, 0.25) is 0 Å². The molecule has 4 aliphatic rings. The Labute approximate surface area is 208 Å². The second kappa shape index (κ2) is 8.64. The number of methoxy groups -OCH3 is 1. The second-order valence-electron chi connectivity index (χ2n) is 13.4. The van der Waals surface area contributed by atoms with E-state index in [0.717, 1.165) is 51.4 Å². The maximum Gasteiger partial charge on any atom is 0.308 e. The van der Waals surface area contributed by atoms with Crippen molar-refractivity contribution in [2.24, 2.45) is 39.4 Å². The minimum Gasteiger partial charge on any atom is -0.469 e. The Morgan fingerprint density at radius 2 is 1.82 bits per heavy atom. The summed E-state index contributed by atoms with van der Waals surface area (Å²) >= 11 is 0. The van der Waals surface area contributed by atoms with Crippen LogP contribution in [0, 0.1) is 39.4 Å². The van der Waals surface area contributed by atoms with Crippen molar-refractivity contribution in [3.63, 3.8) is 0 Å². The number of allylic oxidation sites excluding steroid dienone is 6. The molecule has 0 heterocycles. The molecule has 2 saturated carbocycles. The van der Waals surface area contributed by atoms with E-state index >= 15 is 0 Å². The van der Waals surface area contributed by atoms with Crippen LogP contribution in [0.25, 0.3) is 0 Å². The second-order valence-corrected chi connectivity index (χ2v) is 13.4. The molecule has 4 rings (SSSR count). The zero-order valence-electron chi connectivity index (χ0n) is 23.0. The highest BCUT2D eigenvalue weighted by molar-refractivity contribution is 5.73.